The molecular formula is C120H72N6O7. The van der Waals surface area contributed by atoms with Crippen LogP contribution in [-0.2, 0) is 0 Å². The lowest BCUT2D eigenvalue weighted by molar-refractivity contribution is 0.668. The van der Waals surface area contributed by atoms with Crippen molar-refractivity contribution < 1.29 is 17.7 Å². The van der Waals surface area contributed by atoms with Crippen molar-refractivity contribution in [1.29, 1.82) is 0 Å². The molecule has 133 heavy (non-hydrogen) atoms. The molecule has 27 aromatic rings. The molecule has 8 heterocycles. The number of benzene rings is 19. The van der Waals surface area contributed by atoms with Gasteiger partial charge in [-0.3, -0.25) is 23.5 Å². The fraction of sp³-hybridized carbons (Fsp3) is 0. The highest BCUT2D eigenvalue weighted by Crippen LogP contribution is 2.42. The van der Waals surface area contributed by atoms with E-state index in [1.165, 1.54) is 0 Å². The zero-order valence-corrected chi connectivity index (χ0v) is 71.1. The van der Waals surface area contributed by atoms with Crippen molar-refractivity contribution in [2.75, 3.05) is 0 Å². The van der Waals surface area contributed by atoms with Crippen LogP contribution in [0.1, 0.15) is 0 Å². The summed E-state index contributed by atoms with van der Waals surface area (Å²) in [6, 6.07) is 146. The molecule has 0 N–H and O–H groups in total. The molecule has 0 amide bonds. The maximum atomic E-state index is 14.7. The molecule has 13 nitrogen and oxygen atoms in total. The molecule has 8 aromatic heterocycles. The second kappa shape index (κ2) is 31.7. The summed E-state index contributed by atoms with van der Waals surface area (Å²) in [5, 5.41) is 16.0. The first-order valence-corrected chi connectivity index (χ1v) is 44.2. The highest BCUT2D eigenvalue weighted by atomic mass is 16.3. The molecule has 624 valence electrons. The summed E-state index contributed by atoms with van der Waals surface area (Å²) in [6.07, 6.45) is 0. The van der Waals surface area contributed by atoms with Crippen LogP contribution in [0.15, 0.2) is 469 Å². The van der Waals surface area contributed by atoms with Crippen LogP contribution in [0.3, 0.4) is 0 Å². The molecule has 0 unspecified atom stereocenters. The third kappa shape index (κ3) is 13.4. The summed E-state index contributed by atoms with van der Waals surface area (Å²) in [5.41, 5.74) is 23.0. The Labute approximate surface area is 757 Å². The molecule has 0 aliphatic heterocycles. The van der Waals surface area contributed by atoms with E-state index in [1.807, 2.05) is 276 Å². The predicted octanol–water partition coefficient (Wildman–Crippen LogP) is 29.9. The van der Waals surface area contributed by atoms with Crippen molar-refractivity contribution in [3.05, 3.63) is 468 Å². The second-order valence-electron chi connectivity index (χ2n) is 33.5. The smallest absolute Gasteiger partial charge is 0.265 e. The molecule has 0 bridgehead atoms. The van der Waals surface area contributed by atoms with Gasteiger partial charge in [0.15, 0.2) is 11.6 Å². The summed E-state index contributed by atoms with van der Waals surface area (Å²) < 4.78 is 29.8. The van der Waals surface area contributed by atoms with Crippen LogP contribution in [0, 0.1) is 0 Å². The first-order valence-electron chi connectivity index (χ1n) is 44.2. The Hall–Kier alpha value is -18.2. The molecular weight excluding hydrogens is 1640 g/mol. The molecule has 13 heteroatoms. The number of pyridine rings is 3. The Bertz CT molecular complexity index is 9560. The summed E-state index contributed by atoms with van der Waals surface area (Å²) in [6.45, 7) is 0. The first-order chi connectivity index (χ1) is 65.6. The van der Waals surface area contributed by atoms with Crippen molar-refractivity contribution >= 4 is 153 Å². The molecule has 0 aliphatic carbocycles. The standard InChI is InChI=1S/C49H27NO4.C37H23NO2.C34H22N4O/c51-49-36-18-13-28(30-15-20-46-39(25-30)33-7-1-4-10-43(33)52-46)23-37(36)38-24-29(31-16-21-47-40(26-31)34-8-2-5-11-44(34)53-47)14-19-42(38)50(49)32-17-22-48-41(27-32)35-9-3-6-12-45(35)54-48;39-37-30-18-15-26(24-9-3-1-4-10-24)21-31(30)32-22-27(25-11-5-2-6-12-25)16-19-34(32)38(37)28-17-20-36-33(23-28)29-13-7-8-14-35(29)40-36;39-33-28-19-11-10-18-27(28)29-22-26(23-12-4-1-5-13-23)20-21-30(29)38(33)34-36-31(24-14-6-2-7-15-24)35-32(37-34)25-16-8-3-9-17-25/h1-27H;1-23H;1-22H. The van der Waals surface area contributed by atoms with Gasteiger partial charge in [0.25, 0.3) is 16.7 Å². The SMILES string of the molecule is O=c1c2ccc(-c3ccc4oc5ccccc5c4c3)cc2c2cc(-c3ccc4oc5ccccc5c4c3)ccc2n1-c1ccc2oc3ccccc3c2c1.O=c1c2ccc(-c3ccccc3)cc2c2cc(-c3ccccc3)ccc2n1-c1ccc2oc3ccccc3c2c1.O=c1c2ccccc2c2cc(-c3ccccc3)ccc2n1-c1nc(-c2ccccc2)nc(-c2ccccc2)n1. The molecule has 0 fully saturated rings. The van der Waals surface area contributed by atoms with E-state index in [2.05, 4.69) is 170 Å². The van der Waals surface area contributed by atoms with Gasteiger partial charge in [0.05, 0.1) is 27.9 Å². The summed E-state index contributed by atoms with van der Waals surface area (Å²) in [7, 11) is 0. The van der Waals surface area contributed by atoms with Crippen LogP contribution in [0.2, 0.25) is 0 Å². The average Bonchev–Trinajstić information content (AvgIpc) is 1.21. The lowest BCUT2D eigenvalue weighted by Gasteiger charge is -2.16. The summed E-state index contributed by atoms with van der Waals surface area (Å²) >= 11 is 0. The molecule has 0 radical (unpaired) electrons. The van der Waals surface area contributed by atoms with Crippen LogP contribution >= 0.6 is 0 Å². The maximum Gasteiger partial charge on any atom is 0.265 e. The second-order valence-corrected chi connectivity index (χ2v) is 33.5. The Morgan fingerprint density at radius 3 is 0.767 bits per heavy atom. The monoisotopic (exact) mass is 1710 g/mol. The fourth-order valence-electron chi connectivity index (χ4n) is 19.3. The Morgan fingerprint density at radius 1 is 0.158 bits per heavy atom. The van der Waals surface area contributed by atoms with Crippen LogP contribution in [0.25, 0.3) is 249 Å². The molecule has 0 aliphatic rings. The first kappa shape index (κ1) is 77.2. The number of rotatable bonds is 10. The minimum Gasteiger partial charge on any atom is -0.456 e. The van der Waals surface area contributed by atoms with Crippen LogP contribution in [-0.4, -0.2) is 28.7 Å². The van der Waals surface area contributed by atoms with E-state index in [1.54, 1.807) is 4.57 Å². The number of nitrogens with zero attached hydrogens (tertiary/aromatic N) is 6. The van der Waals surface area contributed by atoms with Crippen molar-refractivity contribution in [3.8, 4) is 95.7 Å². The maximum absolute atomic E-state index is 14.7. The van der Waals surface area contributed by atoms with Gasteiger partial charge in [0, 0.05) is 86.5 Å². The number of para-hydroxylation sites is 4. The van der Waals surface area contributed by atoms with E-state index in [4.69, 9.17) is 32.6 Å². The largest absolute Gasteiger partial charge is 0.456 e. The lowest BCUT2D eigenvalue weighted by Crippen LogP contribution is -2.22. The average molecular weight is 1710 g/mol. The number of aromatic nitrogens is 6. The minimum atomic E-state index is -0.171. The highest BCUT2D eigenvalue weighted by molar-refractivity contribution is 6.15. The topological polar surface area (TPSA) is 157 Å². The van der Waals surface area contributed by atoms with Gasteiger partial charge in [-0.05, 0) is 223 Å². The third-order valence-corrected chi connectivity index (χ3v) is 25.7. The molecule has 19 aromatic carbocycles. The van der Waals surface area contributed by atoms with Gasteiger partial charge in [-0.2, -0.15) is 9.97 Å². The van der Waals surface area contributed by atoms with Crippen molar-refractivity contribution in [1.82, 2.24) is 28.7 Å². The molecule has 27 rings (SSSR count). The third-order valence-electron chi connectivity index (χ3n) is 25.7. The van der Waals surface area contributed by atoms with E-state index in [9.17, 15) is 14.4 Å². The summed E-state index contributed by atoms with van der Waals surface area (Å²) in [5.74, 6) is 1.30. The zero-order chi connectivity index (χ0) is 88.3. The predicted molar refractivity (Wildman–Crippen MR) is 542 cm³/mol. The summed E-state index contributed by atoms with van der Waals surface area (Å²) in [4.78, 5) is 57.5. The van der Waals surface area contributed by atoms with Gasteiger partial charge in [-0.1, -0.05) is 285 Å². The van der Waals surface area contributed by atoms with Crippen LogP contribution in [0.5, 0.6) is 0 Å². The normalized spacial score (nSPS) is 11.7. The fourth-order valence-corrected chi connectivity index (χ4v) is 19.3. The lowest BCUT2D eigenvalue weighted by atomic mass is 9.95. The Balaban J connectivity index is 0.000000109. The van der Waals surface area contributed by atoms with Gasteiger partial charge < -0.3 is 17.7 Å². The molecule has 0 saturated carbocycles. The van der Waals surface area contributed by atoms with E-state index in [-0.39, 0.29) is 22.6 Å². The number of fused-ring (bicyclic) bond motifs is 21. The number of hydrogen-bond donors (Lipinski definition) is 0. The molecule has 0 spiro atoms. The molecule has 0 atom stereocenters. The molecule has 0 saturated heterocycles. The van der Waals surface area contributed by atoms with E-state index >= 15 is 0 Å². The van der Waals surface area contributed by atoms with Crippen LogP contribution in [0.4, 0.5) is 0 Å². The number of furan rings is 4. The Morgan fingerprint density at radius 2 is 0.398 bits per heavy atom. The quantitative estimate of drug-likeness (QED) is 0.121. The minimum absolute atomic E-state index is 0.0401. The number of hydrogen-bond acceptors (Lipinski definition) is 10. The van der Waals surface area contributed by atoms with Gasteiger partial charge in [-0.25, -0.2) is 9.55 Å². The van der Waals surface area contributed by atoms with Gasteiger partial charge in [-0.15, -0.1) is 0 Å². The van der Waals surface area contributed by atoms with Crippen molar-refractivity contribution in [2.24, 2.45) is 0 Å². The van der Waals surface area contributed by atoms with E-state index in [0.717, 1.165) is 215 Å². The van der Waals surface area contributed by atoms with Crippen molar-refractivity contribution in [3.63, 3.8) is 0 Å². The van der Waals surface area contributed by atoms with Crippen molar-refractivity contribution in [2.45, 2.75) is 0 Å². The van der Waals surface area contributed by atoms with Gasteiger partial charge in [0.1, 0.15) is 44.7 Å². The van der Waals surface area contributed by atoms with Gasteiger partial charge in [0.2, 0.25) is 5.95 Å². The van der Waals surface area contributed by atoms with E-state index in [0.29, 0.717) is 27.8 Å². The van der Waals surface area contributed by atoms with E-state index < -0.39 is 0 Å². The van der Waals surface area contributed by atoms with Gasteiger partial charge >= 0.3 is 0 Å². The highest BCUT2D eigenvalue weighted by Gasteiger charge is 2.24. The Kier molecular flexibility index (Phi) is 18.4. The zero-order valence-electron chi connectivity index (χ0n) is 71.1. The van der Waals surface area contributed by atoms with Crippen LogP contribution < -0.4 is 16.7 Å².